The summed E-state index contributed by atoms with van der Waals surface area (Å²) in [4.78, 5) is 15.8. The quantitative estimate of drug-likeness (QED) is 0.647. The third-order valence-corrected chi connectivity index (χ3v) is 3.44. The third-order valence-electron chi connectivity index (χ3n) is 3.44. The van der Waals surface area contributed by atoms with Gasteiger partial charge in [0.25, 0.3) is 5.56 Å². The standard InChI is InChI=1S/C14H10F3N3O/c1-7-5-9(15)13(12(17)8(7)2)20-11(21)6-10(16)19-4-3-18-14(19)20/h3-6H,1-2H3. The van der Waals surface area contributed by atoms with Gasteiger partial charge in [-0.3, -0.25) is 9.20 Å². The lowest BCUT2D eigenvalue weighted by Gasteiger charge is -2.13. The second-order valence-electron chi connectivity index (χ2n) is 4.70. The minimum atomic E-state index is -0.908. The first-order valence-corrected chi connectivity index (χ1v) is 6.12. The highest BCUT2D eigenvalue weighted by Gasteiger charge is 2.20. The van der Waals surface area contributed by atoms with Gasteiger partial charge in [-0.25, -0.2) is 18.3 Å². The third kappa shape index (κ3) is 1.84. The smallest absolute Gasteiger partial charge is 0.262 e. The molecule has 0 aliphatic rings. The van der Waals surface area contributed by atoms with Crippen LogP contribution in [-0.4, -0.2) is 14.0 Å². The van der Waals surface area contributed by atoms with Gasteiger partial charge in [0.2, 0.25) is 11.7 Å². The van der Waals surface area contributed by atoms with Crippen molar-refractivity contribution in [1.82, 2.24) is 14.0 Å². The highest BCUT2D eigenvalue weighted by molar-refractivity contribution is 5.49. The average molecular weight is 293 g/mol. The van der Waals surface area contributed by atoms with E-state index in [4.69, 9.17) is 0 Å². The number of fused-ring (bicyclic) bond motifs is 1. The van der Waals surface area contributed by atoms with Gasteiger partial charge in [-0.15, -0.1) is 0 Å². The first-order valence-electron chi connectivity index (χ1n) is 6.12. The minimum Gasteiger partial charge on any atom is -0.269 e. The Morgan fingerprint density at radius 3 is 2.57 bits per heavy atom. The molecule has 1 aromatic carbocycles. The predicted octanol–water partition coefficient (Wildman–Crippen LogP) is 2.52. The van der Waals surface area contributed by atoms with Crippen LogP contribution in [0.4, 0.5) is 13.2 Å². The normalized spacial score (nSPS) is 11.3. The summed E-state index contributed by atoms with van der Waals surface area (Å²) < 4.78 is 43.9. The zero-order chi connectivity index (χ0) is 15.3. The van der Waals surface area contributed by atoms with Crippen molar-refractivity contribution in [2.45, 2.75) is 13.8 Å². The Labute approximate surface area is 117 Å². The van der Waals surface area contributed by atoms with Crippen molar-refractivity contribution in [3.63, 3.8) is 0 Å². The fourth-order valence-corrected chi connectivity index (χ4v) is 2.20. The van der Waals surface area contributed by atoms with Gasteiger partial charge in [-0.2, -0.15) is 4.39 Å². The van der Waals surface area contributed by atoms with Crippen molar-refractivity contribution in [3.05, 3.63) is 63.6 Å². The van der Waals surface area contributed by atoms with Crippen LogP contribution in [0.5, 0.6) is 0 Å². The number of halogens is 3. The maximum absolute atomic E-state index is 14.4. The maximum atomic E-state index is 14.4. The van der Waals surface area contributed by atoms with E-state index >= 15 is 0 Å². The van der Waals surface area contributed by atoms with E-state index < -0.39 is 28.8 Å². The molecule has 0 saturated heterocycles. The van der Waals surface area contributed by atoms with Crippen LogP contribution < -0.4 is 5.56 Å². The van der Waals surface area contributed by atoms with Gasteiger partial charge >= 0.3 is 0 Å². The van der Waals surface area contributed by atoms with Crippen LogP contribution in [0.25, 0.3) is 11.5 Å². The van der Waals surface area contributed by atoms with Gasteiger partial charge in [-0.05, 0) is 31.0 Å². The predicted molar refractivity (Wildman–Crippen MR) is 70.1 cm³/mol. The first-order chi connectivity index (χ1) is 9.91. The molecule has 0 aliphatic carbocycles. The highest BCUT2D eigenvalue weighted by Crippen LogP contribution is 2.24. The van der Waals surface area contributed by atoms with Crippen molar-refractivity contribution in [2.24, 2.45) is 0 Å². The number of hydrogen-bond acceptors (Lipinski definition) is 2. The van der Waals surface area contributed by atoms with E-state index in [1.54, 1.807) is 6.92 Å². The number of aryl methyl sites for hydroxylation is 1. The van der Waals surface area contributed by atoms with E-state index in [0.717, 1.165) is 15.0 Å². The van der Waals surface area contributed by atoms with Crippen molar-refractivity contribution in [3.8, 4) is 5.69 Å². The van der Waals surface area contributed by atoms with Gasteiger partial charge in [0, 0.05) is 12.4 Å². The number of nitrogens with zero attached hydrogens (tertiary/aromatic N) is 3. The molecule has 0 amide bonds. The van der Waals surface area contributed by atoms with E-state index in [1.807, 2.05) is 0 Å². The molecule has 7 heteroatoms. The van der Waals surface area contributed by atoms with E-state index in [0.29, 0.717) is 11.6 Å². The van der Waals surface area contributed by atoms with Crippen LogP contribution in [0.1, 0.15) is 11.1 Å². The van der Waals surface area contributed by atoms with Crippen LogP contribution >= 0.6 is 0 Å². The number of benzene rings is 1. The van der Waals surface area contributed by atoms with Crippen LogP contribution in [0.2, 0.25) is 0 Å². The Balaban J connectivity index is 2.50. The fourth-order valence-electron chi connectivity index (χ4n) is 2.20. The van der Waals surface area contributed by atoms with Crippen LogP contribution in [0.3, 0.4) is 0 Å². The molecule has 0 N–H and O–H groups in total. The van der Waals surface area contributed by atoms with Crippen LogP contribution in [-0.2, 0) is 0 Å². The summed E-state index contributed by atoms with van der Waals surface area (Å²) in [5.41, 5.74) is -0.817. The molecule has 0 aliphatic heterocycles. The highest BCUT2D eigenvalue weighted by atomic mass is 19.1. The van der Waals surface area contributed by atoms with E-state index in [1.165, 1.54) is 19.3 Å². The van der Waals surface area contributed by atoms with E-state index in [-0.39, 0.29) is 11.3 Å². The Kier molecular flexibility index (Phi) is 2.86. The average Bonchev–Trinajstić information content (AvgIpc) is 2.89. The molecule has 108 valence electrons. The molecule has 4 nitrogen and oxygen atoms in total. The van der Waals surface area contributed by atoms with Crippen molar-refractivity contribution in [2.75, 3.05) is 0 Å². The fraction of sp³-hybridized carbons (Fsp3) is 0.143. The molecule has 0 radical (unpaired) electrons. The SMILES string of the molecule is Cc1cc(F)c(-n2c(=O)cc(F)n3ccnc23)c(F)c1C. The topological polar surface area (TPSA) is 39.3 Å². The zero-order valence-corrected chi connectivity index (χ0v) is 11.2. The van der Waals surface area contributed by atoms with Gasteiger partial charge < -0.3 is 0 Å². The van der Waals surface area contributed by atoms with Crippen molar-refractivity contribution < 1.29 is 13.2 Å². The number of imidazole rings is 1. The molecule has 0 atom stereocenters. The first kappa shape index (κ1) is 13.4. The number of hydrogen-bond donors (Lipinski definition) is 0. The van der Waals surface area contributed by atoms with Gasteiger partial charge in [0.05, 0.1) is 6.07 Å². The minimum absolute atomic E-state index is 0.193. The molecule has 21 heavy (non-hydrogen) atoms. The molecular formula is C14H10F3N3O. The summed E-state index contributed by atoms with van der Waals surface area (Å²) in [5, 5.41) is 0. The van der Waals surface area contributed by atoms with E-state index in [2.05, 4.69) is 4.98 Å². The molecule has 0 fully saturated rings. The van der Waals surface area contributed by atoms with Crippen molar-refractivity contribution >= 4 is 5.78 Å². The molecule has 3 rings (SSSR count). The molecule has 3 aromatic rings. The molecule has 2 heterocycles. The number of aromatic nitrogens is 3. The summed E-state index contributed by atoms with van der Waals surface area (Å²) in [6, 6.07) is 1.78. The monoisotopic (exact) mass is 293 g/mol. The molecular weight excluding hydrogens is 283 g/mol. The van der Waals surface area contributed by atoms with Gasteiger partial charge in [-0.1, -0.05) is 0 Å². The lowest BCUT2D eigenvalue weighted by molar-refractivity contribution is 0.541. The van der Waals surface area contributed by atoms with Crippen LogP contribution in [0.15, 0.2) is 29.3 Å². The molecule has 2 aromatic heterocycles. The maximum Gasteiger partial charge on any atom is 0.262 e. The summed E-state index contributed by atoms with van der Waals surface area (Å²) >= 11 is 0. The van der Waals surface area contributed by atoms with E-state index in [9.17, 15) is 18.0 Å². The molecule has 0 spiro atoms. The second-order valence-corrected chi connectivity index (χ2v) is 4.70. The largest absolute Gasteiger partial charge is 0.269 e. The van der Waals surface area contributed by atoms with Gasteiger partial charge in [0.1, 0.15) is 5.69 Å². The van der Waals surface area contributed by atoms with Crippen molar-refractivity contribution in [1.29, 1.82) is 0 Å². The Hall–Kier alpha value is -2.57. The lowest BCUT2D eigenvalue weighted by Crippen LogP contribution is -2.24. The zero-order valence-electron chi connectivity index (χ0n) is 11.2. The Morgan fingerprint density at radius 1 is 1.14 bits per heavy atom. The molecule has 0 saturated carbocycles. The molecule has 0 bridgehead atoms. The Morgan fingerprint density at radius 2 is 1.86 bits per heavy atom. The Bertz CT molecular complexity index is 927. The molecule has 0 unspecified atom stereocenters. The second kappa shape index (κ2) is 4.47. The summed E-state index contributed by atoms with van der Waals surface area (Å²) in [5.74, 6) is -2.82. The van der Waals surface area contributed by atoms with Gasteiger partial charge in [0.15, 0.2) is 11.6 Å². The number of rotatable bonds is 1. The lowest BCUT2D eigenvalue weighted by atomic mass is 10.1. The van der Waals surface area contributed by atoms with Crippen LogP contribution in [0, 0.1) is 31.4 Å². The summed E-state index contributed by atoms with van der Waals surface area (Å²) in [6.45, 7) is 3.04. The summed E-state index contributed by atoms with van der Waals surface area (Å²) in [7, 11) is 0. The summed E-state index contributed by atoms with van der Waals surface area (Å²) in [6.07, 6.45) is 2.50.